The zero-order chi connectivity index (χ0) is 23.0. The first-order valence-corrected chi connectivity index (χ1v) is 10.8. The van der Waals surface area contributed by atoms with Crippen molar-refractivity contribution in [2.24, 2.45) is 14.1 Å². The van der Waals surface area contributed by atoms with Crippen molar-refractivity contribution < 1.29 is 9.18 Å². The fourth-order valence-electron chi connectivity index (χ4n) is 3.62. The predicted molar refractivity (Wildman–Crippen MR) is 124 cm³/mol. The average Bonchev–Trinajstić information content (AvgIpc) is 3.24. The van der Waals surface area contributed by atoms with Gasteiger partial charge in [-0.05, 0) is 35.7 Å². The van der Waals surface area contributed by atoms with E-state index < -0.39 is 17.9 Å². The second kappa shape index (κ2) is 8.51. The number of nitrogens with zero attached hydrogens (tertiary/aromatic N) is 3. The molecule has 164 valence electrons. The smallest absolute Gasteiger partial charge is 0.302 e. The van der Waals surface area contributed by atoms with Gasteiger partial charge < -0.3 is 5.32 Å². The van der Waals surface area contributed by atoms with Crippen LogP contribution in [0.1, 0.15) is 16.7 Å². The third-order valence-electron chi connectivity index (χ3n) is 5.47. The number of aryl methyl sites for hydroxylation is 2. The Balaban J connectivity index is 1.59. The van der Waals surface area contributed by atoms with Gasteiger partial charge in [0.25, 0.3) is 5.56 Å². The molecule has 0 radical (unpaired) electrons. The second-order valence-corrected chi connectivity index (χ2v) is 8.41. The van der Waals surface area contributed by atoms with Gasteiger partial charge in [0.1, 0.15) is 6.67 Å². The third kappa shape index (κ3) is 3.87. The summed E-state index contributed by atoms with van der Waals surface area (Å²) in [5.74, 6) is -0.331. The van der Waals surface area contributed by atoms with E-state index in [2.05, 4.69) is 10.3 Å². The lowest BCUT2D eigenvalue weighted by Crippen LogP contribution is -2.37. The average molecular weight is 453 g/mol. The van der Waals surface area contributed by atoms with E-state index in [1.807, 2.05) is 19.1 Å². The lowest BCUT2D eigenvalue weighted by atomic mass is 10.0. The molecule has 4 aromatic rings. The van der Waals surface area contributed by atoms with Crippen LogP contribution in [0.15, 0.2) is 51.4 Å². The van der Waals surface area contributed by atoms with Gasteiger partial charge in [-0.2, -0.15) is 0 Å². The number of carbonyl (C=O) groups excluding carboxylic acids is 1. The molecule has 32 heavy (non-hydrogen) atoms. The van der Waals surface area contributed by atoms with Crippen LogP contribution in [0.3, 0.4) is 0 Å². The van der Waals surface area contributed by atoms with Crippen molar-refractivity contribution in [1.82, 2.24) is 14.1 Å². The number of benzene rings is 2. The molecule has 2 aromatic heterocycles. The summed E-state index contributed by atoms with van der Waals surface area (Å²) in [6.07, 6.45) is -0.0454. The van der Waals surface area contributed by atoms with Crippen molar-refractivity contribution in [3.05, 3.63) is 79.3 Å². The van der Waals surface area contributed by atoms with Crippen LogP contribution in [-0.4, -0.2) is 20.0 Å². The Morgan fingerprint density at radius 2 is 1.91 bits per heavy atom. The Morgan fingerprint density at radius 1 is 1.12 bits per heavy atom. The van der Waals surface area contributed by atoms with E-state index in [0.29, 0.717) is 32.9 Å². The minimum absolute atomic E-state index is 0.0454. The Bertz CT molecular complexity index is 1470. The summed E-state index contributed by atoms with van der Waals surface area (Å²) in [6.45, 7) is 1.30. The van der Waals surface area contributed by atoms with Gasteiger partial charge in [-0.1, -0.05) is 24.3 Å². The number of anilines is 1. The van der Waals surface area contributed by atoms with E-state index in [0.717, 1.165) is 15.7 Å². The lowest BCUT2D eigenvalue weighted by molar-refractivity contribution is -0.115. The molecule has 0 fully saturated rings. The Kier molecular flexibility index (Phi) is 5.75. The molecule has 0 saturated heterocycles. The normalized spacial score (nSPS) is 11.1. The number of aromatic nitrogens is 3. The van der Waals surface area contributed by atoms with Crippen LogP contribution in [0.4, 0.5) is 9.52 Å². The van der Waals surface area contributed by atoms with E-state index in [1.165, 1.54) is 23.0 Å². The molecule has 1 amide bonds. The van der Waals surface area contributed by atoms with Gasteiger partial charge in [-0.15, -0.1) is 11.3 Å². The molecule has 4 rings (SSSR count). The maximum absolute atomic E-state index is 13.2. The molecule has 7 nitrogen and oxygen atoms in total. The molecule has 0 unspecified atom stereocenters. The second-order valence-electron chi connectivity index (χ2n) is 7.55. The third-order valence-corrected chi connectivity index (χ3v) is 6.23. The molecule has 1 N–H and O–H groups in total. The molecule has 2 aromatic carbocycles. The first kappa shape index (κ1) is 21.6. The first-order chi connectivity index (χ1) is 15.3. The van der Waals surface area contributed by atoms with E-state index in [-0.39, 0.29) is 12.3 Å². The highest BCUT2D eigenvalue weighted by Gasteiger charge is 2.15. The highest BCUT2D eigenvalue weighted by Crippen LogP contribution is 2.27. The zero-order valence-corrected chi connectivity index (χ0v) is 18.6. The van der Waals surface area contributed by atoms with Gasteiger partial charge in [0.15, 0.2) is 5.13 Å². The van der Waals surface area contributed by atoms with E-state index in [1.54, 1.807) is 36.7 Å². The summed E-state index contributed by atoms with van der Waals surface area (Å²) in [6, 6.07) is 10.6. The maximum Gasteiger partial charge on any atom is 0.330 e. The van der Waals surface area contributed by atoms with Crippen molar-refractivity contribution >= 4 is 33.3 Å². The molecule has 0 aliphatic rings. The van der Waals surface area contributed by atoms with E-state index in [9.17, 15) is 18.8 Å². The molecular weight excluding hydrogens is 431 g/mol. The lowest BCUT2D eigenvalue weighted by Gasteiger charge is -2.11. The standard InChI is InChI=1S/C23H21FN4O3S/c1-13-7-8-14(9-16(13)11-24)17-12-32-22(25-17)26-19(29)10-15-5-4-6-18-20(15)21(30)28(3)23(31)27(18)2/h4-9,12H,10-11H2,1-3H3,(H,25,26,29). The number of amides is 1. The van der Waals surface area contributed by atoms with Gasteiger partial charge in [0, 0.05) is 25.0 Å². The molecule has 9 heteroatoms. The van der Waals surface area contributed by atoms with Crippen LogP contribution in [0, 0.1) is 6.92 Å². The SMILES string of the molecule is Cc1ccc(-c2csc(NC(=O)Cc3cccc4c3c(=O)n(C)c(=O)n4C)n2)cc1CF. The predicted octanol–water partition coefficient (Wildman–Crippen LogP) is 3.32. The van der Waals surface area contributed by atoms with Gasteiger partial charge in [-0.3, -0.25) is 18.7 Å². The quantitative estimate of drug-likeness (QED) is 0.503. The number of carbonyl (C=O) groups is 1. The molecule has 0 saturated carbocycles. The zero-order valence-electron chi connectivity index (χ0n) is 17.8. The molecule has 0 aliphatic carbocycles. The van der Waals surface area contributed by atoms with Crippen LogP contribution in [0.5, 0.6) is 0 Å². The minimum atomic E-state index is -0.552. The summed E-state index contributed by atoms with van der Waals surface area (Å²) in [4.78, 5) is 42.0. The molecule has 0 bridgehead atoms. The summed E-state index contributed by atoms with van der Waals surface area (Å²) >= 11 is 1.27. The number of nitrogens with one attached hydrogen (secondary N) is 1. The summed E-state index contributed by atoms with van der Waals surface area (Å²) < 4.78 is 15.6. The Morgan fingerprint density at radius 3 is 2.66 bits per heavy atom. The van der Waals surface area contributed by atoms with Crippen molar-refractivity contribution in [1.29, 1.82) is 0 Å². The summed E-state index contributed by atoms with van der Waals surface area (Å²) in [5, 5.41) is 5.31. The minimum Gasteiger partial charge on any atom is -0.302 e. The van der Waals surface area contributed by atoms with Gasteiger partial charge in [0.05, 0.1) is 23.0 Å². The van der Waals surface area contributed by atoms with Gasteiger partial charge >= 0.3 is 5.69 Å². The van der Waals surface area contributed by atoms with E-state index >= 15 is 0 Å². The summed E-state index contributed by atoms with van der Waals surface area (Å²) in [5.41, 5.74) is 3.04. The fraction of sp³-hybridized carbons (Fsp3) is 0.217. The fourth-order valence-corrected chi connectivity index (χ4v) is 4.35. The molecule has 0 aliphatic heterocycles. The number of hydrogen-bond acceptors (Lipinski definition) is 5. The number of halogens is 1. The largest absolute Gasteiger partial charge is 0.330 e. The Labute approximate surface area is 186 Å². The summed E-state index contributed by atoms with van der Waals surface area (Å²) in [7, 11) is 3.00. The first-order valence-electron chi connectivity index (χ1n) is 9.89. The van der Waals surface area contributed by atoms with Crippen molar-refractivity contribution in [2.75, 3.05) is 5.32 Å². The molecular formula is C23H21FN4O3S. The van der Waals surface area contributed by atoms with Crippen molar-refractivity contribution in [3.63, 3.8) is 0 Å². The van der Waals surface area contributed by atoms with Crippen LogP contribution in [-0.2, 0) is 32.0 Å². The molecule has 0 spiro atoms. The number of fused-ring (bicyclic) bond motifs is 1. The highest BCUT2D eigenvalue weighted by molar-refractivity contribution is 7.14. The number of rotatable bonds is 5. The number of thiazole rings is 1. The van der Waals surface area contributed by atoms with Crippen molar-refractivity contribution in [3.8, 4) is 11.3 Å². The maximum atomic E-state index is 13.2. The highest BCUT2D eigenvalue weighted by atomic mass is 32.1. The van der Waals surface area contributed by atoms with Gasteiger partial charge in [-0.25, -0.2) is 14.2 Å². The number of hydrogen-bond donors (Lipinski definition) is 1. The van der Waals surface area contributed by atoms with Crippen LogP contribution in [0.25, 0.3) is 22.2 Å². The van der Waals surface area contributed by atoms with Crippen LogP contribution < -0.4 is 16.6 Å². The van der Waals surface area contributed by atoms with Gasteiger partial charge in [0.2, 0.25) is 5.91 Å². The Hall–Kier alpha value is -3.59. The van der Waals surface area contributed by atoms with Crippen LogP contribution in [0.2, 0.25) is 0 Å². The van der Waals surface area contributed by atoms with Crippen molar-refractivity contribution in [2.45, 2.75) is 20.0 Å². The number of alkyl halides is 1. The molecule has 2 heterocycles. The van der Waals surface area contributed by atoms with Crippen LogP contribution >= 0.6 is 11.3 Å². The topological polar surface area (TPSA) is 86.0 Å². The van der Waals surface area contributed by atoms with E-state index in [4.69, 9.17) is 0 Å². The monoisotopic (exact) mass is 452 g/mol. The molecule has 0 atom stereocenters.